The summed E-state index contributed by atoms with van der Waals surface area (Å²) in [6.07, 6.45) is 3.88. The summed E-state index contributed by atoms with van der Waals surface area (Å²) < 4.78 is 2.52. The first-order valence-electron chi connectivity index (χ1n) is 5.39. The molecule has 0 aromatic carbocycles. The van der Waals surface area contributed by atoms with Crippen molar-refractivity contribution in [3.05, 3.63) is 28.5 Å². The summed E-state index contributed by atoms with van der Waals surface area (Å²) in [6.45, 7) is 0. The largest absolute Gasteiger partial charge is 0.383 e. The average Bonchev–Trinajstić information content (AvgIpc) is 3.04. The number of nitrogens with one attached hydrogen (secondary N) is 1. The van der Waals surface area contributed by atoms with Gasteiger partial charge in [-0.15, -0.1) is 0 Å². The average molecular weight is 295 g/mol. The van der Waals surface area contributed by atoms with Gasteiger partial charge in [0.1, 0.15) is 5.82 Å². The van der Waals surface area contributed by atoms with Gasteiger partial charge >= 0.3 is 0 Å². The Morgan fingerprint density at radius 1 is 1.59 bits per heavy atom. The summed E-state index contributed by atoms with van der Waals surface area (Å²) in [4.78, 5) is 16.2. The number of anilines is 1. The molecule has 0 bridgehead atoms. The van der Waals surface area contributed by atoms with Crippen LogP contribution in [0.4, 0.5) is 5.82 Å². The lowest BCUT2D eigenvalue weighted by Crippen LogP contribution is -2.26. The van der Waals surface area contributed by atoms with Crippen LogP contribution in [0, 0.1) is 0 Å². The molecule has 1 fully saturated rings. The van der Waals surface area contributed by atoms with Crippen LogP contribution in [0.25, 0.3) is 5.65 Å². The van der Waals surface area contributed by atoms with Crippen LogP contribution in [0.2, 0.25) is 0 Å². The molecule has 17 heavy (non-hydrogen) atoms. The molecule has 1 aliphatic rings. The van der Waals surface area contributed by atoms with E-state index in [2.05, 4.69) is 26.2 Å². The molecule has 2 heterocycles. The minimum absolute atomic E-state index is 0.194. The molecule has 3 N–H and O–H groups in total. The Morgan fingerprint density at radius 3 is 3.00 bits per heavy atom. The number of halogens is 1. The molecule has 0 radical (unpaired) electrons. The fourth-order valence-corrected chi connectivity index (χ4v) is 2.13. The number of nitrogens with zero attached hydrogens (tertiary/aromatic N) is 2. The highest BCUT2D eigenvalue weighted by Gasteiger charge is 2.26. The minimum Gasteiger partial charge on any atom is -0.383 e. The van der Waals surface area contributed by atoms with Gasteiger partial charge in [-0.05, 0) is 40.9 Å². The number of nitrogen functional groups attached to an aromatic ring is 1. The molecule has 0 spiro atoms. The summed E-state index contributed by atoms with van der Waals surface area (Å²) in [5, 5.41) is 2.88. The highest BCUT2D eigenvalue weighted by atomic mass is 79.9. The molecule has 0 unspecified atom stereocenters. The minimum atomic E-state index is -0.194. The number of amides is 1. The van der Waals surface area contributed by atoms with Gasteiger partial charge in [-0.1, -0.05) is 0 Å². The lowest BCUT2D eigenvalue weighted by molar-refractivity contribution is 0.0947. The van der Waals surface area contributed by atoms with Crippen LogP contribution >= 0.6 is 15.9 Å². The molecule has 1 saturated carbocycles. The van der Waals surface area contributed by atoms with E-state index >= 15 is 0 Å². The Balaban J connectivity index is 2.07. The van der Waals surface area contributed by atoms with Gasteiger partial charge in [0.25, 0.3) is 5.91 Å². The van der Waals surface area contributed by atoms with Crippen LogP contribution in [-0.4, -0.2) is 21.3 Å². The standard InChI is InChI=1S/C11H11BrN4O/c12-7-2-1-5-16-9(13)8(15-10(7)16)11(17)14-6-3-4-6/h1-2,5-6H,3-4,13H2,(H,14,17). The zero-order valence-corrected chi connectivity index (χ0v) is 10.6. The number of hydrogen-bond acceptors (Lipinski definition) is 3. The molecular weight excluding hydrogens is 284 g/mol. The Hall–Kier alpha value is -1.56. The topological polar surface area (TPSA) is 72.4 Å². The third-order valence-electron chi connectivity index (χ3n) is 2.77. The lowest BCUT2D eigenvalue weighted by Gasteiger charge is -2.00. The quantitative estimate of drug-likeness (QED) is 0.883. The second-order valence-electron chi connectivity index (χ2n) is 4.14. The third-order valence-corrected chi connectivity index (χ3v) is 3.39. The van der Waals surface area contributed by atoms with E-state index in [0.29, 0.717) is 23.2 Å². The Bertz CT molecular complexity index is 603. The number of hydrogen-bond donors (Lipinski definition) is 2. The SMILES string of the molecule is Nc1c(C(=O)NC2CC2)nc2c(Br)cccn12. The monoisotopic (exact) mass is 294 g/mol. The fourth-order valence-electron chi connectivity index (χ4n) is 1.70. The van der Waals surface area contributed by atoms with Crippen molar-refractivity contribution in [3.63, 3.8) is 0 Å². The van der Waals surface area contributed by atoms with Crippen molar-refractivity contribution in [2.45, 2.75) is 18.9 Å². The summed E-state index contributed by atoms with van der Waals surface area (Å²) in [5.41, 5.74) is 6.88. The van der Waals surface area contributed by atoms with Crippen molar-refractivity contribution < 1.29 is 4.79 Å². The summed E-state index contributed by atoms with van der Waals surface area (Å²) in [6, 6.07) is 4.01. The molecule has 5 nitrogen and oxygen atoms in total. The number of rotatable bonds is 2. The van der Waals surface area contributed by atoms with E-state index in [0.717, 1.165) is 17.3 Å². The zero-order valence-electron chi connectivity index (χ0n) is 8.98. The molecule has 88 valence electrons. The Morgan fingerprint density at radius 2 is 2.35 bits per heavy atom. The normalized spacial score (nSPS) is 15.1. The van der Waals surface area contributed by atoms with Crippen molar-refractivity contribution in [1.82, 2.24) is 14.7 Å². The van der Waals surface area contributed by atoms with E-state index < -0.39 is 0 Å². The smallest absolute Gasteiger partial charge is 0.273 e. The van der Waals surface area contributed by atoms with Crippen molar-refractivity contribution in [1.29, 1.82) is 0 Å². The van der Waals surface area contributed by atoms with Gasteiger partial charge in [0.05, 0.1) is 4.47 Å². The van der Waals surface area contributed by atoms with E-state index in [1.165, 1.54) is 0 Å². The molecule has 0 saturated heterocycles. The molecule has 3 rings (SSSR count). The van der Waals surface area contributed by atoms with Crippen LogP contribution in [0.1, 0.15) is 23.3 Å². The highest BCUT2D eigenvalue weighted by molar-refractivity contribution is 9.10. The number of fused-ring (bicyclic) bond motifs is 1. The second-order valence-corrected chi connectivity index (χ2v) is 5.00. The van der Waals surface area contributed by atoms with Crippen molar-refractivity contribution in [2.24, 2.45) is 0 Å². The summed E-state index contributed by atoms with van der Waals surface area (Å²) in [5.74, 6) is 0.181. The van der Waals surface area contributed by atoms with Gasteiger partial charge in [-0.3, -0.25) is 9.20 Å². The van der Waals surface area contributed by atoms with E-state index in [-0.39, 0.29) is 5.91 Å². The molecule has 6 heteroatoms. The molecule has 1 aliphatic carbocycles. The van der Waals surface area contributed by atoms with E-state index in [1.807, 2.05) is 12.1 Å². The predicted octanol–water partition coefficient (Wildman–Crippen LogP) is 1.57. The van der Waals surface area contributed by atoms with Gasteiger partial charge < -0.3 is 11.1 Å². The maximum absolute atomic E-state index is 11.9. The van der Waals surface area contributed by atoms with Gasteiger partial charge in [0.2, 0.25) is 0 Å². The lowest BCUT2D eigenvalue weighted by atomic mass is 10.4. The third kappa shape index (κ3) is 1.78. The van der Waals surface area contributed by atoms with Gasteiger partial charge in [-0.25, -0.2) is 4.98 Å². The summed E-state index contributed by atoms with van der Waals surface area (Å²) >= 11 is 3.39. The number of carbonyl (C=O) groups is 1. The van der Waals surface area contributed by atoms with Crippen LogP contribution in [0.5, 0.6) is 0 Å². The number of aromatic nitrogens is 2. The van der Waals surface area contributed by atoms with E-state index in [1.54, 1.807) is 10.6 Å². The molecule has 2 aromatic heterocycles. The number of pyridine rings is 1. The first-order chi connectivity index (χ1) is 8.16. The van der Waals surface area contributed by atoms with Crippen molar-refractivity contribution in [2.75, 3.05) is 5.73 Å². The predicted molar refractivity (Wildman–Crippen MR) is 67.8 cm³/mol. The zero-order chi connectivity index (χ0) is 12.0. The maximum Gasteiger partial charge on any atom is 0.273 e. The van der Waals surface area contributed by atoms with Crippen molar-refractivity contribution in [3.8, 4) is 0 Å². The second kappa shape index (κ2) is 3.73. The maximum atomic E-state index is 11.9. The van der Waals surface area contributed by atoms with Gasteiger partial charge in [-0.2, -0.15) is 0 Å². The molecule has 0 atom stereocenters. The van der Waals surface area contributed by atoms with Crippen LogP contribution < -0.4 is 11.1 Å². The summed E-state index contributed by atoms with van der Waals surface area (Å²) in [7, 11) is 0. The number of nitrogens with two attached hydrogens (primary N) is 1. The van der Waals surface area contributed by atoms with Gasteiger partial charge in [0, 0.05) is 12.2 Å². The molecule has 0 aliphatic heterocycles. The van der Waals surface area contributed by atoms with Gasteiger partial charge in [0.15, 0.2) is 11.3 Å². The van der Waals surface area contributed by atoms with E-state index in [4.69, 9.17) is 5.73 Å². The Labute approximate surface area is 106 Å². The molecular formula is C11H11BrN4O. The fraction of sp³-hybridized carbons (Fsp3) is 0.273. The molecule has 2 aromatic rings. The highest BCUT2D eigenvalue weighted by Crippen LogP contribution is 2.23. The number of imidazole rings is 1. The van der Waals surface area contributed by atoms with Crippen molar-refractivity contribution >= 4 is 33.3 Å². The van der Waals surface area contributed by atoms with Crippen LogP contribution in [0.3, 0.4) is 0 Å². The van der Waals surface area contributed by atoms with E-state index in [9.17, 15) is 4.79 Å². The van der Waals surface area contributed by atoms with Crippen LogP contribution in [-0.2, 0) is 0 Å². The first-order valence-corrected chi connectivity index (χ1v) is 6.19. The Kier molecular flexibility index (Phi) is 2.32. The number of carbonyl (C=O) groups excluding carboxylic acids is 1. The first kappa shape index (κ1) is 10.6. The molecule has 1 amide bonds. The van der Waals surface area contributed by atoms with Crippen LogP contribution in [0.15, 0.2) is 22.8 Å².